The molecule has 2 amide bonds. The van der Waals surface area contributed by atoms with Gasteiger partial charge in [-0.2, -0.15) is 0 Å². The molecule has 1 saturated carbocycles. The van der Waals surface area contributed by atoms with Crippen LogP contribution in [0.4, 0.5) is 0 Å². The standard InChI is InChI=1S/C16H24N2O5/c19-13-10-23-16(6-8-17(13)9-14(20)21)5-2-7-18(11-16)15(22)12-3-1-4-12/h12H,1-11H2,(H,20,21). The van der Waals surface area contributed by atoms with Gasteiger partial charge in [0.05, 0.1) is 5.60 Å². The lowest BCUT2D eigenvalue weighted by Gasteiger charge is -2.43. The van der Waals surface area contributed by atoms with E-state index in [1.165, 1.54) is 4.90 Å². The van der Waals surface area contributed by atoms with E-state index in [1.54, 1.807) is 0 Å². The van der Waals surface area contributed by atoms with Crippen LogP contribution in [0.15, 0.2) is 0 Å². The molecule has 0 radical (unpaired) electrons. The van der Waals surface area contributed by atoms with E-state index in [9.17, 15) is 14.4 Å². The number of rotatable bonds is 3. The lowest BCUT2D eigenvalue weighted by atomic mass is 9.82. The molecule has 3 fully saturated rings. The zero-order chi connectivity index (χ0) is 16.4. The molecule has 2 heterocycles. The topological polar surface area (TPSA) is 87.2 Å². The third-order valence-corrected chi connectivity index (χ3v) is 5.32. The molecule has 2 saturated heterocycles. The van der Waals surface area contributed by atoms with Crippen molar-refractivity contribution in [1.29, 1.82) is 0 Å². The summed E-state index contributed by atoms with van der Waals surface area (Å²) in [4.78, 5) is 38.6. The Bertz CT molecular complexity index is 505. The molecule has 7 heteroatoms. The minimum absolute atomic E-state index is 0.0985. The molecule has 2 aliphatic heterocycles. The first-order valence-corrected chi connectivity index (χ1v) is 8.41. The lowest BCUT2D eigenvalue weighted by molar-refractivity contribution is -0.153. The summed E-state index contributed by atoms with van der Waals surface area (Å²) in [6.07, 6.45) is 5.36. The Labute approximate surface area is 135 Å². The van der Waals surface area contributed by atoms with Gasteiger partial charge in [-0.3, -0.25) is 14.4 Å². The third kappa shape index (κ3) is 3.49. The second kappa shape index (κ2) is 6.47. The molecule has 1 N–H and O–H groups in total. The second-order valence-corrected chi connectivity index (χ2v) is 6.92. The number of aliphatic carboxylic acids is 1. The van der Waals surface area contributed by atoms with Crippen LogP contribution in [0.3, 0.4) is 0 Å². The van der Waals surface area contributed by atoms with Crippen LogP contribution >= 0.6 is 0 Å². The van der Waals surface area contributed by atoms with Gasteiger partial charge in [0.15, 0.2) is 0 Å². The highest BCUT2D eigenvalue weighted by Crippen LogP contribution is 2.34. The van der Waals surface area contributed by atoms with Gasteiger partial charge in [0.2, 0.25) is 11.8 Å². The number of ether oxygens (including phenoxy) is 1. The number of likely N-dealkylation sites (tertiary alicyclic amines) is 1. The quantitative estimate of drug-likeness (QED) is 0.816. The maximum atomic E-state index is 12.5. The molecule has 0 bridgehead atoms. The summed E-state index contributed by atoms with van der Waals surface area (Å²) in [6.45, 7) is 1.27. The molecular weight excluding hydrogens is 300 g/mol. The first kappa shape index (κ1) is 16.2. The van der Waals surface area contributed by atoms with Crippen LogP contribution in [0.2, 0.25) is 0 Å². The average molecular weight is 324 g/mol. The number of nitrogens with zero attached hydrogens (tertiary/aromatic N) is 2. The number of carbonyl (C=O) groups excluding carboxylic acids is 2. The first-order valence-electron chi connectivity index (χ1n) is 8.41. The minimum atomic E-state index is -1.01. The predicted molar refractivity (Wildman–Crippen MR) is 80.7 cm³/mol. The monoisotopic (exact) mass is 324 g/mol. The van der Waals surface area contributed by atoms with Crippen LogP contribution in [-0.4, -0.2) is 71.1 Å². The van der Waals surface area contributed by atoms with Crippen molar-refractivity contribution < 1.29 is 24.2 Å². The van der Waals surface area contributed by atoms with Crippen LogP contribution in [-0.2, 0) is 19.1 Å². The van der Waals surface area contributed by atoms with Gasteiger partial charge in [0.1, 0.15) is 13.2 Å². The van der Waals surface area contributed by atoms with Crippen LogP contribution in [0.5, 0.6) is 0 Å². The van der Waals surface area contributed by atoms with E-state index in [-0.39, 0.29) is 30.9 Å². The molecule has 1 unspecified atom stereocenters. The summed E-state index contributed by atoms with van der Waals surface area (Å²) in [7, 11) is 0. The molecule has 0 aromatic rings. The van der Waals surface area contributed by atoms with E-state index < -0.39 is 11.6 Å². The molecule has 3 aliphatic rings. The van der Waals surface area contributed by atoms with Crippen LogP contribution in [0.1, 0.15) is 38.5 Å². The molecule has 1 aliphatic carbocycles. The van der Waals surface area contributed by atoms with Crippen molar-refractivity contribution in [3.63, 3.8) is 0 Å². The molecule has 128 valence electrons. The van der Waals surface area contributed by atoms with E-state index in [2.05, 4.69) is 0 Å². The summed E-state index contributed by atoms with van der Waals surface area (Å²) in [5.74, 6) is -0.913. The van der Waals surface area contributed by atoms with Gasteiger partial charge in [-0.1, -0.05) is 6.42 Å². The fourth-order valence-corrected chi connectivity index (χ4v) is 3.69. The van der Waals surface area contributed by atoms with Gasteiger partial charge in [0.25, 0.3) is 0 Å². The summed E-state index contributed by atoms with van der Waals surface area (Å²) >= 11 is 0. The van der Waals surface area contributed by atoms with Gasteiger partial charge in [-0.05, 0) is 32.1 Å². The van der Waals surface area contributed by atoms with Gasteiger partial charge < -0.3 is 19.6 Å². The fraction of sp³-hybridized carbons (Fsp3) is 0.812. The van der Waals surface area contributed by atoms with Gasteiger partial charge in [-0.15, -0.1) is 0 Å². The Morgan fingerprint density at radius 1 is 1.22 bits per heavy atom. The van der Waals surface area contributed by atoms with E-state index in [0.29, 0.717) is 19.5 Å². The van der Waals surface area contributed by atoms with Crippen molar-refractivity contribution >= 4 is 17.8 Å². The molecule has 0 aromatic carbocycles. The van der Waals surface area contributed by atoms with Crippen LogP contribution in [0.25, 0.3) is 0 Å². The Hall–Kier alpha value is -1.63. The normalized spacial score (nSPS) is 29.3. The molecule has 0 aromatic heterocycles. The van der Waals surface area contributed by atoms with Crippen molar-refractivity contribution in [1.82, 2.24) is 9.80 Å². The van der Waals surface area contributed by atoms with Gasteiger partial charge in [-0.25, -0.2) is 0 Å². The smallest absolute Gasteiger partial charge is 0.323 e. The number of carbonyl (C=O) groups is 3. The van der Waals surface area contributed by atoms with Crippen molar-refractivity contribution in [3.8, 4) is 0 Å². The Balaban J connectivity index is 1.65. The minimum Gasteiger partial charge on any atom is -0.480 e. The zero-order valence-corrected chi connectivity index (χ0v) is 13.3. The van der Waals surface area contributed by atoms with E-state index in [4.69, 9.17) is 9.84 Å². The highest BCUT2D eigenvalue weighted by atomic mass is 16.5. The largest absolute Gasteiger partial charge is 0.480 e. The van der Waals surface area contributed by atoms with Gasteiger partial charge >= 0.3 is 5.97 Å². The number of carboxylic acids is 1. The average Bonchev–Trinajstić information content (AvgIpc) is 2.60. The molecule has 3 rings (SSSR count). The van der Waals surface area contributed by atoms with Crippen molar-refractivity contribution in [2.45, 2.75) is 44.1 Å². The second-order valence-electron chi connectivity index (χ2n) is 6.92. The van der Waals surface area contributed by atoms with Crippen molar-refractivity contribution in [2.75, 3.05) is 32.8 Å². The molecule has 23 heavy (non-hydrogen) atoms. The first-order chi connectivity index (χ1) is 11.0. The Morgan fingerprint density at radius 2 is 2.00 bits per heavy atom. The SMILES string of the molecule is O=C(O)CN1CCC2(CCCN(C(=O)C3CCC3)C2)OCC1=O. The van der Waals surface area contributed by atoms with Crippen molar-refractivity contribution in [3.05, 3.63) is 0 Å². The predicted octanol–water partition coefficient (Wildman–Crippen LogP) is 0.481. The Morgan fingerprint density at radius 3 is 2.65 bits per heavy atom. The molecule has 1 atom stereocenters. The number of amides is 2. The molecular formula is C16H24N2O5. The summed E-state index contributed by atoms with van der Waals surface area (Å²) < 4.78 is 5.89. The molecule has 7 nitrogen and oxygen atoms in total. The van der Waals surface area contributed by atoms with Crippen molar-refractivity contribution in [2.24, 2.45) is 5.92 Å². The summed E-state index contributed by atoms with van der Waals surface area (Å²) in [5.41, 5.74) is -0.499. The van der Waals surface area contributed by atoms with E-state index in [1.807, 2.05) is 4.90 Å². The Kier molecular flexibility index (Phi) is 4.57. The fourth-order valence-electron chi connectivity index (χ4n) is 3.69. The number of piperidine rings is 1. The maximum absolute atomic E-state index is 12.5. The zero-order valence-electron chi connectivity index (χ0n) is 13.3. The summed E-state index contributed by atoms with van der Waals surface area (Å²) in [5, 5.41) is 8.90. The highest BCUT2D eigenvalue weighted by molar-refractivity contribution is 5.82. The number of hydrogen-bond donors (Lipinski definition) is 1. The summed E-state index contributed by atoms with van der Waals surface area (Å²) in [6, 6.07) is 0. The highest BCUT2D eigenvalue weighted by Gasteiger charge is 2.42. The maximum Gasteiger partial charge on any atom is 0.323 e. The number of carboxylic acid groups (broad SMARTS) is 1. The third-order valence-electron chi connectivity index (χ3n) is 5.32. The lowest BCUT2D eigenvalue weighted by Crippen LogP contribution is -2.54. The van der Waals surface area contributed by atoms with Gasteiger partial charge in [0, 0.05) is 25.6 Å². The number of hydrogen-bond acceptors (Lipinski definition) is 4. The van der Waals surface area contributed by atoms with Crippen LogP contribution < -0.4 is 0 Å². The van der Waals surface area contributed by atoms with E-state index in [0.717, 1.165) is 38.6 Å². The molecule has 1 spiro atoms. The van der Waals surface area contributed by atoms with E-state index >= 15 is 0 Å². The van der Waals surface area contributed by atoms with Crippen LogP contribution in [0, 0.1) is 5.92 Å².